The second-order valence-corrected chi connectivity index (χ2v) is 3.98. The van der Waals surface area contributed by atoms with Crippen molar-refractivity contribution in [2.75, 3.05) is 33.8 Å². The van der Waals surface area contributed by atoms with Gasteiger partial charge in [0, 0.05) is 13.1 Å². The molecular weight excluding hydrogens is 208 g/mol. The molecule has 0 unspecified atom stereocenters. The summed E-state index contributed by atoms with van der Waals surface area (Å²) in [6.07, 6.45) is 0. The van der Waals surface area contributed by atoms with E-state index in [9.17, 15) is 9.59 Å². The Bertz CT molecular complexity index is 241. The molecule has 0 aromatic rings. The first kappa shape index (κ1) is 14.9. The summed E-state index contributed by atoms with van der Waals surface area (Å²) in [5, 5.41) is 0. The molecule has 0 atom stereocenters. The number of rotatable bonds is 6. The second kappa shape index (κ2) is 7.22. The molecule has 0 aliphatic rings. The molecule has 0 spiro atoms. The maximum absolute atomic E-state index is 11.8. The molecule has 0 bridgehead atoms. The highest BCUT2D eigenvalue weighted by atomic mass is 16.5. The van der Waals surface area contributed by atoms with E-state index in [0.717, 1.165) is 0 Å². The minimum absolute atomic E-state index is 0.0146. The van der Waals surface area contributed by atoms with E-state index in [-0.39, 0.29) is 31.0 Å². The van der Waals surface area contributed by atoms with Crippen molar-refractivity contribution in [2.45, 2.75) is 26.8 Å². The number of carbonyl (C=O) groups is 2. The van der Waals surface area contributed by atoms with Gasteiger partial charge < -0.3 is 9.64 Å². The predicted octanol–water partition coefficient (Wildman–Crippen LogP) is 0.348. The van der Waals surface area contributed by atoms with E-state index < -0.39 is 0 Å². The van der Waals surface area contributed by atoms with E-state index in [0.29, 0.717) is 6.54 Å². The van der Waals surface area contributed by atoms with Gasteiger partial charge in [-0.15, -0.1) is 0 Å². The van der Waals surface area contributed by atoms with Crippen molar-refractivity contribution in [3.8, 4) is 0 Å². The van der Waals surface area contributed by atoms with Crippen LogP contribution in [0.5, 0.6) is 0 Å². The zero-order valence-corrected chi connectivity index (χ0v) is 10.8. The lowest BCUT2D eigenvalue weighted by Crippen LogP contribution is -2.43. The summed E-state index contributed by atoms with van der Waals surface area (Å²) in [5.74, 6) is -0.303. The molecule has 94 valence electrons. The molecule has 0 heterocycles. The van der Waals surface area contributed by atoms with Crippen LogP contribution in [0.25, 0.3) is 0 Å². The first-order valence-corrected chi connectivity index (χ1v) is 5.47. The highest BCUT2D eigenvalue weighted by Gasteiger charge is 2.17. The van der Waals surface area contributed by atoms with Crippen molar-refractivity contribution in [1.29, 1.82) is 0 Å². The number of nitrogens with zero attached hydrogens (tertiary/aromatic N) is 2. The Morgan fingerprint density at radius 2 is 1.81 bits per heavy atom. The third-order valence-electron chi connectivity index (χ3n) is 2.55. The summed E-state index contributed by atoms with van der Waals surface area (Å²) in [5.41, 5.74) is 0. The van der Waals surface area contributed by atoms with Crippen molar-refractivity contribution in [1.82, 2.24) is 9.80 Å². The first-order chi connectivity index (χ1) is 7.42. The number of ether oxygens (including phenoxy) is 1. The highest BCUT2D eigenvalue weighted by Crippen LogP contribution is 1.97. The number of amides is 1. The third kappa shape index (κ3) is 5.11. The average Bonchev–Trinajstić information content (AvgIpc) is 2.26. The Labute approximate surface area is 97.3 Å². The fourth-order valence-electron chi connectivity index (χ4n) is 1.12. The summed E-state index contributed by atoms with van der Waals surface area (Å²) in [7, 11) is 3.11. The number of hydrogen-bond acceptors (Lipinski definition) is 4. The smallest absolute Gasteiger partial charge is 0.319 e. The topological polar surface area (TPSA) is 49.9 Å². The van der Waals surface area contributed by atoms with Gasteiger partial charge in [0.1, 0.15) is 0 Å². The molecule has 0 aromatic carbocycles. The van der Waals surface area contributed by atoms with Crippen LogP contribution in [0.3, 0.4) is 0 Å². The van der Waals surface area contributed by atoms with Crippen LogP contribution in [-0.4, -0.2) is 61.5 Å². The van der Waals surface area contributed by atoms with Gasteiger partial charge in [-0.2, -0.15) is 0 Å². The van der Waals surface area contributed by atoms with Gasteiger partial charge in [0.05, 0.1) is 20.2 Å². The average molecular weight is 230 g/mol. The zero-order chi connectivity index (χ0) is 12.7. The normalized spacial score (nSPS) is 10.7. The van der Waals surface area contributed by atoms with Crippen molar-refractivity contribution >= 4 is 11.9 Å². The minimum Gasteiger partial charge on any atom is -0.468 e. The molecule has 5 heteroatoms. The van der Waals surface area contributed by atoms with Crippen LogP contribution in [0.1, 0.15) is 20.8 Å². The van der Waals surface area contributed by atoms with Gasteiger partial charge in [-0.05, 0) is 20.4 Å². The van der Waals surface area contributed by atoms with Crippen LogP contribution >= 0.6 is 0 Å². The maximum atomic E-state index is 11.8. The van der Waals surface area contributed by atoms with Crippen molar-refractivity contribution < 1.29 is 14.3 Å². The number of methoxy groups -OCH3 is 1. The minimum atomic E-state index is -0.318. The van der Waals surface area contributed by atoms with Gasteiger partial charge >= 0.3 is 5.97 Å². The van der Waals surface area contributed by atoms with Gasteiger partial charge in [0.25, 0.3) is 0 Å². The van der Waals surface area contributed by atoms with Gasteiger partial charge in [0.2, 0.25) is 5.91 Å². The largest absolute Gasteiger partial charge is 0.468 e. The number of esters is 1. The van der Waals surface area contributed by atoms with Crippen LogP contribution in [0.4, 0.5) is 0 Å². The van der Waals surface area contributed by atoms with Crippen molar-refractivity contribution in [2.24, 2.45) is 0 Å². The van der Waals surface area contributed by atoms with E-state index in [2.05, 4.69) is 4.74 Å². The van der Waals surface area contributed by atoms with E-state index in [1.807, 2.05) is 20.8 Å². The monoisotopic (exact) mass is 230 g/mol. The molecule has 16 heavy (non-hydrogen) atoms. The molecule has 0 saturated heterocycles. The molecule has 0 radical (unpaired) electrons. The van der Waals surface area contributed by atoms with Crippen LogP contribution in [-0.2, 0) is 14.3 Å². The molecule has 0 rings (SSSR count). The summed E-state index contributed by atoms with van der Waals surface area (Å²) in [6, 6.07) is 0.171. The number of carbonyl (C=O) groups excluding carboxylic acids is 2. The standard InChI is InChI=1S/C11H22N2O3/c1-6-13(8-11(15)16-5)7-10(14)12(4)9(2)3/h9H,6-8H2,1-5H3. The highest BCUT2D eigenvalue weighted by molar-refractivity contribution is 5.79. The lowest BCUT2D eigenvalue weighted by Gasteiger charge is -2.25. The maximum Gasteiger partial charge on any atom is 0.319 e. The fourth-order valence-corrected chi connectivity index (χ4v) is 1.12. The van der Waals surface area contributed by atoms with Crippen LogP contribution in [0.15, 0.2) is 0 Å². The lowest BCUT2D eigenvalue weighted by atomic mass is 10.3. The van der Waals surface area contributed by atoms with E-state index in [1.165, 1.54) is 7.11 Å². The number of hydrogen-bond donors (Lipinski definition) is 0. The molecule has 5 nitrogen and oxygen atoms in total. The molecular formula is C11H22N2O3. The summed E-state index contributed by atoms with van der Waals surface area (Å²) in [4.78, 5) is 26.3. The Kier molecular flexibility index (Phi) is 6.72. The van der Waals surface area contributed by atoms with Crippen LogP contribution in [0.2, 0.25) is 0 Å². The lowest BCUT2D eigenvalue weighted by molar-refractivity contribution is -0.142. The first-order valence-electron chi connectivity index (χ1n) is 5.47. The Morgan fingerprint density at radius 1 is 1.25 bits per heavy atom. The van der Waals surface area contributed by atoms with E-state index in [1.54, 1.807) is 16.8 Å². The van der Waals surface area contributed by atoms with Crippen LogP contribution in [0, 0.1) is 0 Å². The Balaban J connectivity index is 4.21. The summed E-state index contributed by atoms with van der Waals surface area (Å²) >= 11 is 0. The second-order valence-electron chi connectivity index (χ2n) is 3.98. The molecule has 0 aliphatic carbocycles. The van der Waals surface area contributed by atoms with Crippen LogP contribution < -0.4 is 0 Å². The fraction of sp³-hybridized carbons (Fsp3) is 0.818. The molecule has 0 aromatic heterocycles. The molecule has 0 fully saturated rings. The number of likely N-dealkylation sites (N-methyl/N-ethyl adjacent to an activating group) is 2. The Hall–Kier alpha value is -1.10. The van der Waals surface area contributed by atoms with Gasteiger partial charge in [-0.3, -0.25) is 14.5 Å². The van der Waals surface area contributed by atoms with E-state index >= 15 is 0 Å². The van der Waals surface area contributed by atoms with Crippen molar-refractivity contribution in [3.63, 3.8) is 0 Å². The molecule has 1 amide bonds. The Morgan fingerprint density at radius 3 is 2.19 bits per heavy atom. The summed E-state index contributed by atoms with van der Waals surface area (Å²) in [6.45, 7) is 6.87. The van der Waals surface area contributed by atoms with Gasteiger partial charge in [0.15, 0.2) is 0 Å². The quantitative estimate of drug-likeness (QED) is 0.618. The molecule has 0 aliphatic heterocycles. The van der Waals surface area contributed by atoms with E-state index in [4.69, 9.17) is 0 Å². The predicted molar refractivity (Wildman–Crippen MR) is 62.0 cm³/mol. The molecule has 0 saturated carbocycles. The van der Waals surface area contributed by atoms with Gasteiger partial charge in [-0.25, -0.2) is 0 Å². The van der Waals surface area contributed by atoms with Gasteiger partial charge in [-0.1, -0.05) is 6.92 Å². The SMILES string of the molecule is CCN(CC(=O)OC)CC(=O)N(C)C(C)C. The third-order valence-corrected chi connectivity index (χ3v) is 2.55. The molecule has 0 N–H and O–H groups in total. The summed E-state index contributed by atoms with van der Waals surface area (Å²) < 4.78 is 4.57. The zero-order valence-electron chi connectivity index (χ0n) is 10.8. The van der Waals surface area contributed by atoms with Crippen molar-refractivity contribution in [3.05, 3.63) is 0 Å².